The molecule has 1 aliphatic rings. The van der Waals surface area contributed by atoms with Crippen LogP contribution in [0.3, 0.4) is 0 Å². The summed E-state index contributed by atoms with van der Waals surface area (Å²) < 4.78 is 0. The molecule has 0 bridgehead atoms. The predicted octanol–water partition coefficient (Wildman–Crippen LogP) is 1.77. The maximum atomic E-state index is 12.3. The largest absolute Gasteiger partial charge is 0.349 e. The fourth-order valence-electron chi connectivity index (χ4n) is 2.59. The number of piperidine rings is 1. The van der Waals surface area contributed by atoms with Crippen molar-refractivity contribution in [3.8, 4) is 0 Å². The number of carbonyl (C=O) groups excluding carboxylic acids is 1. The highest BCUT2D eigenvalue weighted by Gasteiger charge is 2.23. The van der Waals surface area contributed by atoms with Crippen LogP contribution < -0.4 is 10.6 Å². The molecule has 1 heterocycles. The number of nitrogens with one attached hydrogen (secondary N) is 2. The van der Waals surface area contributed by atoms with Gasteiger partial charge in [0.25, 0.3) is 11.6 Å². The zero-order valence-corrected chi connectivity index (χ0v) is 11.7. The number of nitro groups is 1. The third-order valence-electron chi connectivity index (χ3n) is 3.71. The summed E-state index contributed by atoms with van der Waals surface area (Å²) in [6.45, 7) is 4.56. The SMILES string of the molecule is Cc1c(C(=O)NC2CCNC(C)C2)cccc1[N+](=O)[O-]. The van der Waals surface area contributed by atoms with Crippen molar-refractivity contribution in [1.82, 2.24) is 10.6 Å². The molecule has 2 unspecified atom stereocenters. The van der Waals surface area contributed by atoms with Gasteiger partial charge in [-0.3, -0.25) is 14.9 Å². The normalized spacial score (nSPS) is 22.3. The lowest BCUT2D eigenvalue weighted by Gasteiger charge is -2.28. The Balaban J connectivity index is 2.13. The second-order valence-corrected chi connectivity index (χ2v) is 5.26. The molecule has 1 aromatic carbocycles. The van der Waals surface area contributed by atoms with E-state index in [1.165, 1.54) is 6.07 Å². The fraction of sp³-hybridized carbons (Fsp3) is 0.500. The first-order valence-electron chi connectivity index (χ1n) is 6.77. The molecular formula is C14H19N3O3. The quantitative estimate of drug-likeness (QED) is 0.651. The van der Waals surface area contributed by atoms with E-state index in [0.717, 1.165) is 19.4 Å². The molecule has 2 atom stereocenters. The summed E-state index contributed by atoms with van der Waals surface area (Å²) in [5.41, 5.74) is 0.777. The second-order valence-electron chi connectivity index (χ2n) is 5.26. The van der Waals surface area contributed by atoms with Crippen molar-refractivity contribution < 1.29 is 9.72 Å². The monoisotopic (exact) mass is 277 g/mol. The second kappa shape index (κ2) is 6.00. The van der Waals surface area contributed by atoms with Crippen LogP contribution in [0.5, 0.6) is 0 Å². The Hall–Kier alpha value is -1.95. The van der Waals surface area contributed by atoms with Crippen LogP contribution in [-0.2, 0) is 0 Å². The molecule has 0 saturated carbocycles. The van der Waals surface area contributed by atoms with Crippen molar-refractivity contribution in [2.45, 2.75) is 38.8 Å². The van der Waals surface area contributed by atoms with Gasteiger partial charge in [-0.15, -0.1) is 0 Å². The summed E-state index contributed by atoms with van der Waals surface area (Å²) in [4.78, 5) is 22.7. The average Bonchev–Trinajstić information content (AvgIpc) is 2.38. The molecule has 1 aromatic rings. The van der Waals surface area contributed by atoms with E-state index >= 15 is 0 Å². The Morgan fingerprint density at radius 3 is 2.90 bits per heavy atom. The molecule has 2 rings (SSSR count). The minimum absolute atomic E-state index is 0.0173. The molecule has 1 saturated heterocycles. The van der Waals surface area contributed by atoms with Crippen molar-refractivity contribution in [1.29, 1.82) is 0 Å². The maximum absolute atomic E-state index is 12.3. The highest BCUT2D eigenvalue weighted by Crippen LogP contribution is 2.21. The number of carbonyl (C=O) groups is 1. The Kier molecular flexibility index (Phi) is 4.34. The smallest absolute Gasteiger partial charge is 0.273 e. The van der Waals surface area contributed by atoms with Crippen LogP contribution in [0, 0.1) is 17.0 Å². The van der Waals surface area contributed by atoms with Crippen molar-refractivity contribution in [3.63, 3.8) is 0 Å². The van der Waals surface area contributed by atoms with E-state index in [-0.39, 0.29) is 17.6 Å². The third kappa shape index (κ3) is 3.14. The summed E-state index contributed by atoms with van der Waals surface area (Å²) in [5, 5.41) is 17.2. The third-order valence-corrected chi connectivity index (χ3v) is 3.71. The van der Waals surface area contributed by atoms with Gasteiger partial charge in [-0.2, -0.15) is 0 Å². The van der Waals surface area contributed by atoms with Gasteiger partial charge < -0.3 is 10.6 Å². The zero-order valence-electron chi connectivity index (χ0n) is 11.7. The van der Waals surface area contributed by atoms with Gasteiger partial charge in [-0.05, 0) is 39.3 Å². The lowest BCUT2D eigenvalue weighted by atomic mass is 9.99. The van der Waals surface area contributed by atoms with E-state index in [1.54, 1.807) is 19.1 Å². The molecule has 20 heavy (non-hydrogen) atoms. The lowest BCUT2D eigenvalue weighted by molar-refractivity contribution is -0.385. The number of nitrogens with zero attached hydrogens (tertiary/aromatic N) is 1. The van der Waals surface area contributed by atoms with Crippen LogP contribution in [-0.4, -0.2) is 29.5 Å². The molecule has 1 fully saturated rings. The fourth-order valence-corrected chi connectivity index (χ4v) is 2.59. The molecule has 108 valence electrons. The Labute approximate surface area is 117 Å². The van der Waals surface area contributed by atoms with Crippen molar-refractivity contribution in [2.24, 2.45) is 0 Å². The van der Waals surface area contributed by atoms with Gasteiger partial charge in [0.15, 0.2) is 0 Å². The number of benzene rings is 1. The molecule has 0 radical (unpaired) electrons. The zero-order chi connectivity index (χ0) is 14.7. The molecule has 1 aliphatic heterocycles. The minimum Gasteiger partial charge on any atom is -0.349 e. The molecule has 6 nitrogen and oxygen atoms in total. The van der Waals surface area contributed by atoms with Gasteiger partial charge >= 0.3 is 0 Å². The van der Waals surface area contributed by atoms with Crippen LogP contribution in [0.4, 0.5) is 5.69 Å². The lowest BCUT2D eigenvalue weighted by Crippen LogP contribution is -2.46. The standard InChI is InChI=1S/C14H19N3O3/c1-9-8-11(6-7-15-9)16-14(18)12-4-3-5-13(10(12)2)17(19)20/h3-5,9,11,15H,6-8H2,1-2H3,(H,16,18). The first-order valence-corrected chi connectivity index (χ1v) is 6.77. The highest BCUT2D eigenvalue weighted by molar-refractivity contribution is 5.96. The van der Waals surface area contributed by atoms with Crippen molar-refractivity contribution in [2.75, 3.05) is 6.54 Å². The van der Waals surface area contributed by atoms with Crippen LogP contribution >= 0.6 is 0 Å². The van der Waals surface area contributed by atoms with Crippen molar-refractivity contribution in [3.05, 3.63) is 39.4 Å². The summed E-state index contributed by atoms with van der Waals surface area (Å²) >= 11 is 0. The van der Waals surface area contributed by atoms with Gasteiger partial charge in [0.1, 0.15) is 0 Å². The topological polar surface area (TPSA) is 84.3 Å². The minimum atomic E-state index is -0.460. The number of hydrogen-bond donors (Lipinski definition) is 2. The van der Waals surface area contributed by atoms with Crippen LogP contribution in [0.2, 0.25) is 0 Å². The van der Waals surface area contributed by atoms with Gasteiger partial charge in [0.2, 0.25) is 0 Å². The molecule has 0 aromatic heterocycles. The predicted molar refractivity (Wildman–Crippen MR) is 75.8 cm³/mol. The molecule has 6 heteroatoms. The van der Waals surface area contributed by atoms with Crippen LogP contribution in [0.15, 0.2) is 18.2 Å². The Morgan fingerprint density at radius 1 is 1.50 bits per heavy atom. The highest BCUT2D eigenvalue weighted by atomic mass is 16.6. The number of hydrogen-bond acceptors (Lipinski definition) is 4. The average molecular weight is 277 g/mol. The van der Waals surface area contributed by atoms with E-state index in [2.05, 4.69) is 17.6 Å². The van der Waals surface area contributed by atoms with Gasteiger partial charge in [0, 0.05) is 29.3 Å². The van der Waals surface area contributed by atoms with Gasteiger partial charge in [0.05, 0.1) is 4.92 Å². The van der Waals surface area contributed by atoms with Crippen LogP contribution in [0.25, 0.3) is 0 Å². The number of amides is 1. The first kappa shape index (κ1) is 14.5. The van der Waals surface area contributed by atoms with Gasteiger partial charge in [-0.25, -0.2) is 0 Å². The van der Waals surface area contributed by atoms with Crippen molar-refractivity contribution >= 4 is 11.6 Å². The molecule has 0 spiro atoms. The first-order chi connectivity index (χ1) is 9.49. The number of nitro benzene ring substituents is 1. The molecular weight excluding hydrogens is 258 g/mol. The van der Waals surface area contributed by atoms with Gasteiger partial charge in [-0.1, -0.05) is 6.07 Å². The van der Waals surface area contributed by atoms with E-state index in [0.29, 0.717) is 17.2 Å². The maximum Gasteiger partial charge on any atom is 0.273 e. The molecule has 0 aliphatic carbocycles. The number of rotatable bonds is 3. The van der Waals surface area contributed by atoms with E-state index in [1.807, 2.05) is 0 Å². The van der Waals surface area contributed by atoms with Crippen LogP contribution in [0.1, 0.15) is 35.7 Å². The summed E-state index contributed by atoms with van der Waals surface area (Å²) in [5.74, 6) is -0.231. The summed E-state index contributed by atoms with van der Waals surface area (Å²) in [7, 11) is 0. The van der Waals surface area contributed by atoms with E-state index in [4.69, 9.17) is 0 Å². The molecule has 1 amide bonds. The summed E-state index contributed by atoms with van der Waals surface area (Å²) in [6.07, 6.45) is 1.75. The summed E-state index contributed by atoms with van der Waals surface area (Å²) in [6, 6.07) is 5.09. The Morgan fingerprint density at radius 2 is 2.25 bits per heavy atom. The van der Waals surface area contributed by atoms with E-state index in [9.17, 15) is 14.9 Å². The Bertz CT molecular complexity index is 530. The van der Waals surface area contributed by atoms with E-state index < -0.39 is 4.92 Å². The molecule has 2 N–H and O–H groups in total.